The van der Waals surface area contributed by atoms with Crippen LogP contribution < -0.4 is 9.46 Å². The van der Waals surface area contributed by atoms with Crippen LogP contribution in [0.25, 0.3) is 0 Å². The molecule has 29 heavy (non-hydrogen) atoms. The number of alkyl halides is 3. The van der Waals surface area contributed by atoms with E-state index in [1.54, 1.807) is 12.1 Å². The molecule has 0 spiro atoms. The second-order valence-corrected chi connectivity index (χ2v) is 8.45. The van der Waals surface area contributed by atoms with Crippen LogP contribution in [0.4, 0.5) is 13.2 Å². The van der Waals surface area contributed by atoms with Gasteiger partial charge in [0.25, 0.3) is 0 Å². The van der Waals surface area contributed by atoms with Gasteiger partial charge in [-0.3, -0.25) is 0 Å². The molecule has 1 aromatic carbocycles. The van der Waals surface area contributed by atoms with E-state index in [-0.39, 0.29) is 17.0 Å². The van der Waals surface area contributed by atoms with E-state index in [4.69, 9.17) is 10.00 Å². The van der Waals surface area contributed by atoms with Gasteiger partial charge in [0.1, 0.15) is 12.2 Å². The number of pyridine rings is 1. The first kappa shape index (κ1) is 21.1. The number of hydrogen-bond donors (Lipinski definition) is 1. The molecular weight excluding hydrogens is 407 g/mol. The Bertz CT molecular complexity index is 977. The van der Waals surface area contributed by atoms with E-state index in [9.17, 15) is 21.6 Å². The van der Waals surface area contributed by atoms with Gasteiger partial charge < -0.3 is 4.74 Å². The molecule has 0 bridgehead atoms. The standard InChI is InChI=1S/C19H18F3N3O3S/c20-19(21,22)14-2-8-17(9-3-14)29(26,27)25-15-4-6-16(7-5-15)28-18-10-1-13(11-23)12-24-18/h1-3,8-10,12,15-16,25H,4-7H2. The van der Waals surface area contributed by atoms with Crippen LogP contribution in [0.3, 0.4) is 0 Å². The molecule has 1 saturated carbocycles. The molecule has 154 valence electrons. The third-order valence-electron chi connectivity index (χ3n) is 4.64. The molecule has 0 atom stereocenters. The SMILES string of the molecule is N#Cc1ccc(OC2CCC(NS(=O)(=O)c3ccc(C(F)(F)F)cc3)CC2)nc1. The first-order chi connectivity index (χ1) is 13.7. The smallest absolute Gasteiger partial charge is 0.416 e. The summed E-state index contributed by atoms with van der Waals surface area (Å²) in [5, 5.41) is 8.77. The van der Waals surface area contributed by atoms with Crippen molar-refractivity contribution in [1.29, 1.82) is 5.26 Å². The maximum absolute atomic E-state index is 12.6. The highest BCUT2D eigenvalue weighted by atomic mass is 32.2. The molecule has 0 aliphatic heterocycles. The number of aromatic nitrogens is 1. The summed E-state index contributed by atoms with van der Waals surface area (Å²) in [6.07, 6.45) is -0.968. The lowest BCUT2D eigenvalue weighted by Gasteiger charge is -2.29. The van der Waals surface area contributed by atoms with Gasteiger partial charge in [-0.15, -0.1) is 0 Å². The van der Waals surface area contributed by atoms with E-state index in [2.05, 4.69) is 9.71 Å². The molecule has 0 saturated heterocycles. The Hall–Kier alpha value is -2.64. The van der Waals surface area contributed by atoms with Crippen LogP contribution >= 0.6 is 0 Å². The summed E-state index contributed by atoms with van der Waals surface area (Å²) in [5.74, 6) is 0.401. The van der Waals surface area contributed by atoms with Crippen LogP contribution in [0.5, 0.6) is 5.88 Å². The van der Waals surface area contributed by atoms with Gasteiger partial charge in [0.05, 0.1) is 16.0 Å². The summed E-state index contributed by atoms with van der Waals surface area (Å²) >= 11 is 0. The number of benzene rings is 1. The third kappa shape index (κ3) is 5.46. The van der Waals surface area contributed by atoms with Gasteiger partial charge in [0.15, 0.2) is 0 Å². The van der Waals surface area contributed by atoms with Crippen molar-refractivity contribution >= 4 is 10.0 Å². The van der Waals surface area contributed by atoms with Gasteiger partial charge in [0.2, 0.25) is 15.9 Å². The van der Waals surface area contributed by atoms with Crippen LogP contribution in [0.15, 0.2) is 47.5 Å². The minimum absolute atomic E-state index is 0.123. The van der Waals surface area contributed by atoms with E-state index in [1.807, 2.05) is 6.07 Å². The van der Waals surface area contributed by atoms with Gasteiger partial charge in [-0.25, -0.2) is 18.1 Å². The average Bonchev–Trinajstić information content (AvgIpc) is 2.69. The fraction of sp³-hybridized carbons (Fsp3) is 0.368. The molecule has 1 aliphatic rings. The molecule has 1 N–H and O–H groups in total. The Kier molecular flexibility index (Phi) is 6.10. The third-order valence-corrected chi connectivity index (χ3v) is 6.18. The molecule has 2 aromatic rings. The first-order valence-corrected chi connectivity index (χ1v) is 10.4. The lowest BCUT2D eigenvalue weighted by atomic mass is 9.94. The van der Waals surface area contributed by atoms with Gasteiger partial charge in [-0.05, 0) is 56.0 Å². The number of halogens is 3. The Morgan fingerprint density at radius 3 is 2.24 bits per heavy atom. The van der Waals surface area contributed by atoms with Gasteiger partial charge >= 0.3 is 6.18 Å². The fourth-order valence-corrected chi connectivity index (χ4v) is 4.40. The molecule has 1 aliphatic carbocycles. The average molecular weight is 425 g/mol. The summed E-state index contributed by atoms with van der Waals surface area (Å²) in [4.78, 5) is 3.85. The number of nitriles is 1. The molecule has 0 radical (unpaired) electrons. The minimum Gasteiger partial charge on any atom is -0.474 e. The number of rotatable bonds is 5. The predicted octanol–water partition coefficient (Wildman–Crippen LogP) is 3.64. The lowest BCUT2D eigenvalue weighted by Crippen LogP contribution is -2.39. The van der Waals surface area contributed by atoms with E-state index < -0.39 is 21.8 Å². The lowest BCUT2D eigenvalue weighted by molar-refractivity contribution is -0.137. The maximum atomic E-state index is 12.6. The molecule has 3 rings (SSSR count). The minimum atomic E-state index is -4.52. The van der Waals surface area contributed by atoms with Crippen molar-refractivity contribution in [2.45, 2.75) is 48.9 Å². The van der Waals surface area contributed by atoms with Crippen molar-refractivity contribution in [3.63, 3.8) is 0 Å². The Morgan fingerprint density at radius 2 is 1.72 bits per heavy atom. The molecule has 0 amide bonds. The topological polar surface area (TPSA) is 92.1 Å². The van der Waals surface area contributed by atoms with Gasteiger partial charge in [0, 0.05) is 18.3 Å². The van der Waals surface area contributed by atoms with Crippen molar-refractivity contribution in [1.82, 2.24) is 9.71 Å². The summed E-state index contributed by atoms with van der Waals surface area (Å²) in [6, 6.07) is 8.28. The monoisotopic (exact) mass is 425 g/mol. The van der Waals surface area contributed by atoms with E-state index >= 15 is 0 Å². The zero-order valence-electron chi connectivity index (χ0n) is 15.2. The highest BCUT2D eigenvalue weighted by molar-refractivity contribution is 7.89. The highest BCUT2D eigenvalue weighted by Crippen LogP contribution is 2.30. The van der Waals surface area contributed by atoms with E-state index in [1.165, 1.54) is 6.20 Å². The summed E-state index contributed by atoms with van der Waals surface area (Å²) in [7, 11) is -3.91. The largest absolute Gasteiger partial charge is 0.474 e. The fourth-order valence-electron chi connectivity index (χ4n) is 3.10. The van der Waals surface area contributed by atoms with Crippen molar-refractivity contribution in [2.24, 2.45) is 0 Å². The van der Waals surface area contributed by atoms with Crippen molar-refractivity contribution < 1.29 is 26.3 Å². The first-order valence-electron chi connectivity index (χ1n) is 8.90. The normalized spacial score (nSPS) is 20.1. The zero-order valence-corrected chi connectivity index (χ0v) is 16.0. The van der Waals surface area contributed by atoms with Crippen LogP contribution in [0.2, 0.25) is 0 Å². The Labute approximate surface area is 166 Å². The molecular formula is C19H18F3N3O3S. The molecule has 0 unspecified atom stereocenters. The maximum Gasteiger partial charge on any atom is 0.416 e. The van der Waals surface area contributed by atoms with Crippen molar-refractivity contribution in [2.75, 3.05) is 0 Å². The summed E-state index contributed by atoms with van der Waals surface area (Å²) in [5.41, 5.74) is -0.468. The van der Waals surface area contributed by atoms with Gasteiger partial charge in [-0.2, -0.15) is 18.4 Å². The molecule has 1 aromatic heterocycles. The Balaban J connectivity index is 1.54. The number of sulfonamides is 1. The molecule has 1 heterocycles. The summed E-state index contributed by atoms with van der Waals surface area (Å²) < 4.78 is 71.1. The van der Waals surface area contributed by atoms with E-state index in [0.717, 1.165) is 24.3 Å². The Morgan fingerprint density at radius 1 is 1.07 bits per heavy atom. The molecule has 10 heteroatoms. The van der Waals surface area contributed by atoms with Crippen LogP contribution in [-0.4, -0.2) is 25.5 Å². The van der Waals surface area contributed by atoms with Crippen LogP contribution in [0.1, 0.15) is 36.8 Å². The van der Waals surface area contributed by atoms with E-state index in [0.29, 0.717) is 37.1 Å². The number of nitrogens with one attached hydrogen (secondary N) is 1. The second-order valence-electron chi connectivity index (χ2n) is 6.73. The van der Waals surface area contributed by atoms with Gasteiger partial charge in [-0.1, -0.05) is 0 Å². The zero-order chi connectivity index (χ0) is 21.1. The predicted molar refractivity (Wildman–Crippen MR) is 97.4 cm³/mol. The number of ether oxygens (including phenoxy) is 1. The van der Waals surface area contributed by atoms with Crippen LogP contribution in [0, 0.1) is 11.3 Å². The molecule has 1 fully saturated rings. The van der Waals surface area contributed by atoms with Crippen LogP contribution in [-0.2, 0) is 16.2 Å². The highest BCUT2D eigenvalue weighted by Gasteiger charge is 2.31. The quantitative estimate of drug-likeness (QED) is 0.790. The summed E-state index contributed by atoms with van der Waals surface area (Å²) in [6.45, 7) is 0. The molecule has 6 nitrogen and oxygen atoms in total. The number of hydrogen-bond acceptors (Lipinski definition) is 5. The van der Waals surface area contributed by atoms with Crippen molar-refractivity contribution in [3.8, 4) is 11.9 Å². The van der Waals surface area contributed by atoms with Crippen molar-refractivity contribution in [3.05, 3.63) is 53.7 Å². The second kappa shape index (κ2) is 8.39. The number of nitrogens with zero attached hydrogens (tertiary/aromatic N) is 2.